The number of amides is 1. The Morgan fingerprint density at radius 3 is 2.56 bits per heavy atom. The van der Waals surface area contributed by atoms with Gasteiger partial charge in [-0.25, -0.2) is 27.5 Å². The Bertz CT molecular complexity index is 1030. The number of rotatable bonds is 4. The zero-order chi connectivity index (χ0) is 18.0. The van der Waals surface area contributed by atoms with Crippen LogP contribution in [-0.2, 0) is 10.0 Å². The molecule has 1 amide bonds. The molecule has 25 heavy (non-hydrogen) atoms. The number of aryl methyl sites for hydroxylation is 1. The number of nitrogens with zero attached hydrogens (tertiary/aromatic N) is 4. The van der Waals surface area contributed by atoms with E-state index in [9.17, 15) is 17.6 Å². The first-order valence-corrected chi connectivity index (χ1v) is 8.51. The molecule has 128 valence electrons. The Labute approximate surface area is 142 Å². The monoisotopic (exact) mass is 361 g/mol. The molecule has 0 radical (unpaired) electrons. The van der Waals surface area contributed by atoms with Gasteiger partial charge in [0.05, 0.1) is 4.90 Å². The van der Waals surface area contributed by atoms with Gasteiger partial charge in [0, 0.05) is 6.20 Å². The van der Waals surface area contributed by atoms with Crippen LogP contribution >= 0.6 is 0 Å². The topological polar surface area (TPSA) is 107 Å². The van der Waals surface area contributed by atoms with E-state index in [2.05, 4.69) is 15.1 Å². The van der Waals surface area contributed by atoms with Gasteiger partial charge >= 0.3 is 5.91 Å². The van der Waals surface area contributed by atoms with E-state index in [1.54, 1.807) is 12.1 Å². The predicted octanol–water partition coefficient (Wildman–Crippen LogP) is 1.23. The van der Waals surface area contributed by atoms with Crippen molar-refractivity contribution in [2.75, 3.05) is 0 Å². The number of sulfonamides is 1. The maximum absolute atomic E-state index is 13.7. The third-order valence-electron chi connectivity index (χ3n) is 3.21. The molecule has 0 spiro atoms. The third-order valence-corrected chi connectivity index (χ3v) is 4.56. The Morgan fingerprint density at radius 1 is 1.16 bits per heavy atom. The quantitative estimate of drug-likeness (QED) is 0.749. The van der Waals surface area contributed by atoms with Crippen LogP contribution in [0, 0.1) is 12.7 Å². The number of carbonyl (C=O) groups is 1. The lowest BCUT2D eigenvalue weighted by molar-refractivity contribution is 0.0971. The number of hydrogen-bond acceptors (Lipinski definition) is 6. The first kappa shape index (κ1) is 16.7. The highest BCUT2D eigenvalue weighted by Gasteiger charge is 2.22. The fraction of sp³-hybridized carbons (Fsp3) is 0.0667. The maximum atomic E-state index is 13.7. The first-order valence-electron chi connectivity index (χ1n) is 7.03. The van der Waals surface area contributed by atoms with Gasteiger partial charge in [0.2, 0.25) is 5.82 Å². The highest BCUT2D eigenvalue weighted by atomic mass is 32.2. The van der Waals surface area contributed by atoms with E-state index in [0.717, 1.165) is 16.6 Å². The van der Waals surface area contributed by atoms with Gasteiger partial charge in [0.1, 0.15) is 6.33 Å². The first-order chi connectivity index (χ1) is 11.9. The zero-order valence-corrected chi connectivity index (χ0v) is 13.7. The van der Waals surface area contributed by atoms with Crippen LogP contribution in [0.4, 0.5) is 4.39 Å². The number of hydrogen-bond donors (Lipinski definition) is 1. The summed E-state index contributed by atoms with van der Waals surface area (Å²) >= 11 is 0. The van der Waals surface area contributed by atoms with Crippen molar-refractivity contribution < 1.29 is 17.6 Å². The minimum atomic E-state index is -4.07. The van der Waals surface area contributed by atoms with Crippen molar-refractivity contribution in [1.29, 1.82) is 0 Å². The summed E-state index contributed by atoms with van der Waals surface area (Å²) in [7, 11) is -4.07. The fourth-order valence-corrected chi connectivity index (χ4v) is 2.91. The summed E-state index contributed by atoms with van der Waals surface area (Å²) in [6.07, 6.45) is 2.42. The lowest BCUT2D eigenvalue weighted by Crippen LogP contribution is -2.31. The van der Waals surface area contributed by atoms with Crippen molar-refractivity contribution in [3.63, 3.8) is 0 Å². The molecule has 3 rings (SSSR count). The Morgan fingerprint density at radius 2 is 1.88 bits per heavy atom. The van der Waals surface area contributed by atoms with E-state index in [1.807, 2.05) is 11.6 Å². The van der Waals surface area contributed by atoms with Gasteiger partial charge in [-0.1, -0.05) is 17.7 Å². The minimum Gasteiger partial charge on any atom is -0.264 e. The number of halogens is 1. The van der Waals surface area contributed by atoms with Gasteiger partial charge < -0.3 is 0 Å². The Hall–Kier alpha value is -3.14. The van der Waals surface area contributed by atoms with Crippen LogP contribution in [0.5, 0.6) is 0 Å². The second-order valence-corrected chi connectivity index (χ2v) is 6.75. The molecule has 0 fully saturated rings. The Balaban J connectivity index is 1.83. The van der Waals surface area contributed by atoms with Crippen molar-refractivity contribution >= 4 is 15.9 Å². The molecule has 0 unspecified atom stereocenters. The molecule has 1 N–H and O–H groups in total. The summed E-state index contributed by atoms with van der Waals surface area (Å²) < 4.78 is 40.9. The van der Waals surface area contributed by atoms with Gasteiger partial charge in [-0.15, -0.1) is 5.10 Å². The van der Waals surface area contributed by atoms with E-state index in [4.69, 9.17) is 0 Å². The van der Waals surface area contributed by atoms with Gasteiger partial charge in [0.15, 0.2) is 11.6 Å². The molecule has 0 aliphatic heterocycles. The number of carbonyl (C=O) groups excluding carboxylic acids is 1. The van der Waals surface area contributed by atoms with Gasteiger partial charge in [0.25, 0.3) is 10.0 Å². The second kappa shape index (κ2) is 6.40. The summed E-state index contributed by atoms with van der Waals surface area (Å²) in [5.41, 5.74) is 0.878. The predicted molar refractivity (Wildman–Crippen MR) is 84.9 cm³/mol. The van der Waals surface area contributed by atoms with Crippen LogP contribution in [0.15, 0.2) is 53.8 Å². The standard InChI is InChI=1S/C15H12FN5O3S/c1-10-4-6-11(7-5-10)25(23,24)20-15(22)13-18-9-21(19-13)14-12(16)3-2-8-17-14/h2-9H,1H3,(H,20,22). The number of nitrogens with one attached hydrogen (secondary N) is 1. The second-order valence-electron chi connectivity index (χ2n) is 5.07. The average Bonchev–Trinajstić information content (AvgIpc) is 3.05. The highest BCUT2D eigenvalue weighted by molar-refractivity contribution is 7.90. The van der Waals surface area contributed by atoms with Crippen LogP contribution in [0.1, 0.15) is 16.2 Å². The van der Waals surface area contributed by atoms with Crippen molar-refractivity contribution in [3.8, 4) is 5.82 Å². The van der Waals surface area contributed by atoms with Crippen LogP contribution in [0.3, 0.4) is 0 Å². The number of benzene rings is 1. The third kappa shape index (κ3) is 3.53. The SMILES string of the molecule is Cc1ccc(S(=O)(=O)NC(=O)c2ncn(-c3ncccc3F)n2)cc1. The molecule has 0 saturated heterocycles. The van der Waals surface area contributed by atoms with Crippen LogP contribution < -0.4 is 4.72 Å². The van der Waals surface area contributed by atoms with Crippen molar-refractivity contribution in [3.05, 3.63) is 66.1 Å². The van der Waals surface area contributed by atoms with Crippen molar-refractivity contribution in [2.45, 2.75) is 11.8 Å². The summed E-state index contributed by atoms with van der Waals surface area (Å²) in [6, 6.07) is 8.54. The molecular weight excluding hydrogens is 349 g/mol. The molecule has 0 aliphatic carbocycles. The summed E-state index contributed by atoms with van der Waals surface area (Å²) in [6.45, 7) is 1.81. The van der Waals surface area contributed by atoms with Gasteiger partial charge in [-0.3, -0.25) is 4.79 Å². The Kier molecular flexibility index (Phi) is 4.28. The maximum Gasteiger partial charge on any atom is 0.304 e. The minimum absolute atomic E-state index is 0.0679. The molecule has 0 bridgehead atoms. The summed E-state index contributed by atoms with van der Waals surface area (Å²) in [4.78, 5) is 19.5. The molecular formula is C15H12FN5O3S. The molecule has 8 nitrogen and oxygen atoms in total. The van der Waals surface area contributed by atoms with Crippen molar-refractivity contribution in [1.82, 2.24) is 24.5 Å². The lowest BCUT2D eigenvalue weighted by Gasteiger charge is -2.05. The van der Waals surface area contributed by atoms with Gasteiger partial charge in [-0.2, -0.15) is 4.68 Å². The average molecular weight is 361 g/mol. The molecule has 2 heterocycles. The molecule has 0 atom stereocenters. The van der Waals surface area contributed by atoms with Crippen LogP contribution in [0.2, 0.25) is 0 Å². The van der Waals surface area contributed by atoms with E-state index >= 15 is 0 Å². The molecule has 10 heteroatoms. The molecule has 3 aromatic rings. The van der Waals surface area contributed by atoms with Crippen LogP contribution in [0.25, 0.3) is 5.82 Å². The van der Waals surface area contributed by atoms with Crippen molar-refractivity contribution in [2.24, 2.45) is 0 Å². The number of aromatic nitrogens is 4. The zero-order valence-electron chi connectivity index (χ0n) is 12.9. The summed E-state index contributed by atoms with van der Waals surface area (Å²) in [5, 5.41) is 3.76. The normalized spacial score (nSPS) is 11.3. The van der Waals surface area contributed by atoms with Gasteiger partial charge in [-0.05, 0) is 31.2 Å². The fourth-order valence-electron chi connectivity index (χ4n) is 1.96. The lowest BCUT2D eigenvalue weighted by atomic mass is 10.2. The van der Waals surface area contributed by atoms with E-state index in [-0.39, 0.29) is 10.7 Å². The molecule has 1 aromatic carbocycles. The molecule has 0 saturated carbocycles. The summed E-state index contributed by atoms with van der Waals surface area (Å²) in [5.74, 6) is -2.28. The smallest absolute Gasteiger partial charge is 0.264 e. The van der Waals surface area contributed by atoms with E-state index < -0.39 is 27.6 Å². The van der Waals surface area contributed by atoms with Crippen LogP contribution in [-0.4, -0.2) is 34.1 Å². The highest BCUT2D eigenvalue weighted by Crippen LogP contribution is 2.11. The molecule has 0 aliphatic rings. The molecule has 2 aromatic heterocycles. The number of pyridine rings is 1. The largest absolute Gasteiger partial charge is 0.304 e. The van der Waals surface area contributed by atoms with E-state index in [0.29, 0.717) is 0 Å². The van der Waals surface area contributed by atoms with E-state index in [1.165, 1.54) is 30.5 Å².